The second kappa shape index (κ2) is 17.0. The standard InChI is InChI=1S/C30H20NO.C19H26NSi.Ir/c1-3-8-21(9-4-1)18-22-16-17-31-28(19-22)27-13-7-12-26-25-15-14-24(20-29(25)32-30(26)27)23-10-5-2-6-11-23;1-14(2)11-17-12-18(16-9-7-15(3)8-10-16)20-13-19(17)21(4,5)6;/h1-12,14-17,19-20H,18H2;7-9,12-14H,11H2,1-6H3;/q2*-1;/i18D2;3D3,11D2;. The summed E-state index contributed by atoms with van der Waals surface area (Å²) in [5, 5.41) is 3.03. The molecule has 0 bridgehead atoms. The number of aromatic nitrogens is 2. The normalized spacial score (nSPS) is 14.0. The van der Waals surface area contributed by atoms with E-state index in [1.807, 2.05) is 68.4 Å². The van der Waals surface area contributed by atoms with Gasteiger partial charge in [0, 0.05) is 47.5 Å². The molecule has 8 aromatic rings. The van der Waals surface area contributed by atoms with Crippen LogP contribution in [-0.2, 0) is 32.9 Å². The van der Waals surface area contributed by atoms with Gasteiger partial charge in [0.2, 0.25) is 0 Å². The molecule has 0 spiro atoms. The van der Waals surface area contributed by atoms with Crippen molar-refractivity contribution < 1.29 is 34.1 Å². The first-order valence-corrected chi connectivity index (χ1v) is 21.3. The van der Waals surface area contributed by atoms with E-state index in [2.05, 4.69) is 72.1 Å². The van der Waals surface area contributed by atoms with Crippen LogP contribution >= 0.6 is 0 Å². The zero-order valence-electron chi connectivity index (χ0n) is 38.0. The van der Waals surface area contributed by atoms with Gasteiger partial charge in [-0.2, -0.15) is 0 Å². The second-order valence-corrected chi connectivity index (χ2v) is 19.4. The molecule has 0 saturated heterocycles. The van der Waals surface area contributed by atoms with E-state index in [1.54, 1.807) is 48.8 Å². The summed E-state index contributed by atoms with van der Waals surface area (Å²) in [5.74, 6) is -0.172. The number of nitrogens with zero attached hydrogens (tertiary/aromatic N) is 2. The van der Waals surface area contributed by atoms with Crippen LogP contribution in [0.2, 0.25) is 19.6 Å². The molecule has 0 unspecified atom stereocenters. The molecule has 0 aliphatic carbocycles. The molecule has 54 heavy (non-hydrogen) atoms. The number of benzene rings is 5. The van der Waals surface area contributed by atoms with Gasteiger partial charge in [-0.15, -0.1) is 53.6 Å². The summed E-state index contributed by atoms with van der Waals surface area (Å²) >= 11 is 0. The summed E-state index contributed by atoms with van der Waals surface area (Å²) in [5.41, 5.74) is 8.42. The fourth-order valence-electron chi connectivity index (χ4n) is 6.29. The van der Waals surface area contributed by atoms with Crippen molar-refractivity contribution in [3.63, 3.8) is 0 Å². The van der Waals surface area contributed by atoms with Crippen LogP contribution in [0.15, 0.2) is 144 Å². The van der Waals surface area contributed by atoms with Crippen molar-refractivity contribution in [2.75, 3.05) is 0 Å². The molecule has 0 aliphatic heterocycles. The van der Waals surface area contributed by atoms with Gasteiger partial charge in [0.15, 0.2) is 0 Å². The average molecular weight is 906 g/mol. The molecule has 1 radical (unpaired) electrons. The van der Waals surface area contributed by atoms with Gasteiger partial charge in [-0.25, -0.2) is 0 Å². The first-order valence-electron chi connectivity index (χ1n) is 21.3. The molecular formula is C49H46IrN2OSi-2. The van der Waals surface area contributed by atoms with E-state index in [-0.39, 0.29) is 31.6 Å². The number of hydrogen-bond donors (Lipinski definition) is 0. The van der Waals surface area contributed by atoms with Crippen molar-refractivity contribution in [3.8, 4) is 33.6 Å². The molecular weight excluding hydrogens is 853 g/mol. The van der Waals surface area contributed by atoms with E-state index in [0.717, 1.165) is 38.2 Å². The number of fused-ring (bicyclic) bond motifs is 3. The predicted octanol–water partition coefficient (Wildman–Crippen LogP) is 12.3. The molecule has 5 aromatic carbocycles. The number of aryl methyl sites for hydroxylation is 1. The molecule has 0 fully saturated rings. The smallest absolute Gasteiger partial charge is 0.121 e. The maximum Gasteiger partial charge on any atom is 0.121 e. The third-order valence-corrected chi connectivity index (χ3v) is 10.9. The van der Waals surface area contributed by atoms with Crippen molar-refractivity contribution in [2.24, 2.45) is 5.92 Å². The summed E-state index contributed by atoms with van der Waals surface area (Å²) < 4.78 is 63.4. The Kier molecular flexibility index (Phi) is 9.59. The molecule has 273 valence electrons. The van der Waals surface area contributed by atoms with Crippen molar-refractivity contribution in [1.82, 2.24) is 9.97 Å². The Morgan fingerprint density at radius 1 is 0.759 bits per heavy atom. The molecule has 0 N–H and O–H groups in total. The third kappa shape index (κ3) is 9.05. The maximum absolute atomic E-state index is 8.73. The van der Waals surface area contributed by atoms with Gasteiger partial charge in [0.25, 0.3) is 0 Å². The van der Waals surface area contributed by atoms with Gasteiger partial charge < -0.3 is 14.4 Å². The van der Waals surface area contributed by atoms with E-state index >= 15 is 0 Å². The Labute approximate surface area is 344 Å². The van der Waals surface area contributed by atoms with Crippen LogP contribution in [0, 0.1) is 24.9 Å². The van der Waals surface area contributed by atoms with Gasteiger partial charge in [-0.3, -0.25) is 0 Å². The van der Waals surface area contributed by atoms with Gasteiger partial charge in [0.1, 0.15) is 5.58 Å². The summed E-state index contributed by atoms with van der Waals surface area (Å²) in [6, 6.07) is 45.9. The van der Waals surface area contributed by atoms with Gasteiger partial charge >= 0.3 is 0 Å². The summed E-state index contributed by atoms with van der Waals surface area (Å²) in [4.78, 5) is 9.08. The van der Waals surface area contributed by atoms with Crippen LogP contribution in [0.5, 0.6) is 0 Å². The fraction of sp³-hybridized carbons (Fsp3) is 0.184. The van der Waals surface area contributed by atoms with Crippen molar-refractivity contribution >= 4 is 35.2 Å². The molecule has 3 nitrogen and oxygen atoms in total. The Morgan fingerprint density at radius 2 is 1.54 bits per heavy atom. The van der Waals surface area contributed by atoms with Crippen molar-refractivity contribution in [2.45, 2.75) is 53.1 Å². The minimum Gasteiger partial charge on any atom is -0.501 e. The number of pyridine rings is 2. The first-order chi connectivity index (χ1) is 28.4. The zero-order valence-corrected chi connectivity index (χ0v) is 34.4. The molecule has 0 aliphatic rings. The monoisotopic (exact) mass is 906 g/mol. The van der Waals surface area contributed by atoms with Crippen LogP contribution < -0.4 is 5.19 Å². The minimum atomic E-state index is -2.16. The van der Waals surface area contributed by atoms with Crippen LogP contribution in [0.25, 0.3) is 55.6 Å². The summed E-state index contributed by atoms with van der Waals surface area (Å²) in [6.07, 6.45) is 0.328. The molecule has 5 heteroatoms. The predicted molar refractivity (Wildman–Crippen MR) is 225 cm³/mol. The molecule has 0 saturated carbocycles. The number of furan rings is 1. The Hall–Kier alpha value is -4.93. The van der Waals surface area contributed by atoms with Crippen LogP contribution in [0.4, 0.5) is 0 Å². The Balaban J connectivity index is 0.000000209. The van der Waals surface area contributed by atoms with E-state index < -0.39 is 27.7 Å². The summed E-state index contributed by atoms with van der Waals surface area (Å²) in [7, 11) is -1.78. The van der Waals surface area contributed by atoms with Gasteiger partial charge in [-0.05, 0) is 69.6 Å². The fourth-order valence-corrected chi connectivity index (χ4v) is 7.69. The number of hydrogen-bond acceptors (Lipinski definition) is 3. The maximum atomic E-state index is 8.73. The largest absolute Gasteiger partial charge is 0.501 e. The van der Waals surface area contributed by atoms with Crippen molar-refractivity contribution in [3.05, 3.63) is 174 Å². The van der Waals surface area contributed by atoms with E-state index in [4.69, 9.17) is 14.0 Å². The average Bonchev–Trinajstić information content (AvgIpc) is 3.62. The third-order valence-electron chi connectivity index (χ3n) is 8.86. The minimum absolute atomic E-state index is 0. The van der Waals surface area contributed by atoms with E-state index in [0.29, 0.717) is 39.2 Å². The quantitative estimate of drug-likeness (QED) is 0.113. The zero-order chi connectivity index (χ0) is 43.0. The van der Waals surface area contributed by atoms with Crippen LogP contribution in [-0.4, -0.2) is 18.0 Å². The van der Waals surface area contributed by atoms with Crippen LogP contribution in [0.1, 0.15) is 45.7 Å². The molecule has 0 atom stereocenters. The van der Waals surface area contributed by atoms with Crippen LogP contribution in [0.3, 0.4) is 0 Å². The molecule has 0 amide bonds. The topological polar surface area (TPSA) is 38.9 Å². The Bertz CT molecular complexity index is 2770. The second-order valence-electron chi connectivity index (χ2n) is 14.4. The number of rotatable bonds is 8. The molecule has 3 aromatic heterocycles. The van der Waals surface area contributed by atoms with Crippen molar-refractivity contribution in [1.29, 1.82) is 0 Å². The SMILES string of the molecule is [2H]C([2H])([2H])c1c[c-]c(-c2cc(C([2H])([2H])C(C)C)c([Si](C)(C)C)cn2)cc1.[2H]C([2H])(c1ccccc1)c1ccnc(-c2[c-]ccc3c2oc2cc(-c4ccccc4)ccc23)c1.[Ir]. The first kappa shape index (κ1) is 30.4. The van der Waals surface area contributed by atoms with Gasteiger partial charge in [0.05, 0.1) is 13.7 Å². The summed E-state index contributed by atoms with van der Waals surface area (Å²) in [6.45, 7) is 8.14. The molecule has 3 heterocycles. The molecule has 8 rings (SSSR count). The van der Waals surface area contributed by atoms with E-state index in [1.165, 1.54) is 6.07 Å². The van der Waals surface area contributed by atoms with Gasteiger partial charge in [-0.1, -0.05) is 142 Å². The Morgan fingerprint density at radius 3 is 2.24 bits per heavy atom. The van der Waals surface area contributed by atoms with E-state index in [9.17, 15) is 0 Å².